The highest BCUT2D eigenvalue weighted by Crippen LogP contribution is 2.23. The Labute approximate surface area is 94.5 Å². The van der Waals surface area contributed by atoms with Gasteiger partial charge in [-0.05, 0) is 30.4 Å². The first-order chi connectivity index (χ1) is 7.75. The highest BCUT2D eigenvalue weighted by molar-refractivity contribution is 5.73. The molecule has 0 spiro atoms. The number of hydrogen-bond donors (Lipinski definition) is 2. The normalized spacial score (nSPS) is 19.4. The summed E-state index contributed by atoms with van der Waals surface area (Å²) in [6, 6.07) is 7.83. The summed E-state index contributed by atoms with van der Waals surface area (Å²) in [5, 5.41) is 3.82. The molecule has 4 nitrogen and oxygen atoms in total. The Morgan fingerprint density at radius 3 is 2.94 bits per heavy atom. The van der Waals surface area contributed by atoms with Gasteiger partial charge < -0.3 is 5.73 Å². The third-order valence-corrected chi connectivity index (χ3v) is 2.85. The molecule has 1 aromatic rings. The number of carbonyl (C=O) groups is 1. The maximum Gasteiger partial charge on any atom is 0.332 e. The molecular weight excluding hydrogens is 202 g/mol. The molecule has 1 unspecified atom stereocenters. The molecule has 16 heavy (non-hydrogen) atoms. The van der Waals surface area contributed by atoms with Gasteiger partial charge in [0, 0.05) is 12.1 Å². The Balaban J connectivity index is 1.97. The molecule has 0 saturated heterocycles. The van der Waals surface area contributed by atoms with E-state index in [0.29, 0.717) is 5.92 Å². The number of rotatable bonds is 2. The maximum absolute atomic E-state index is 10.4. The molecule has 0 aliphatic heterocycles. The van der Waals surface area contributed by atoms with Gasteiger partial charge in [0.1, 0.15) is 0 Å². The van der Waals surface area contributed by atoms with Gasteiger partial charge in [-0.2, -0.15) is 5.10 Å². The molecule has 0 aromatic heterocycles. The summed E-state index contributed by atoms with van der Waals surface area (Å²) >= 11 is 0. The van der Waals surface area contributed by atoms with Crippen LogP contribution in [0.3, 0.4) is 0 Å². The second-order valence-electron chi connectivity index (χ2n) is 4.03. The van der Waals surface area contributed by atoms with E-state index >= 15 is 0 Å². The van der Waals surface area contributed by atoms with Crippen molar-refractivity contribution in [1.29, 1.82) is 0 Å². The predicted molar refractivity (Wildman–Crippen MR) is 63.2 cm³/mol. The number of hydrazone groups is 1. The van der Waals surface area contributed by atoms with Gasteiger partial charge >= 0.3 is 6.03 Å². The summed E-state index contributed by atoms with van der Waals surface area (Å²) in [7, 11) is 0. The third kappa shape index (κ3) is 2.59. The van der Waals surface area contributed by atoms with Crippen LogP contribution in [0, 0.1) is 5.92 Å². The van der Waals surface area contributed by atoms with Gasteiger partial charge in [-0.15, -0.1) is 0 Å². The fourth-order valence-corrected chi connectivity index (χ4v) is 2.06. The average Bonchev–Trinajstić information content (AvgIpc) is 2.28. The number of fused-ring (bicyclic) bond motifs is 1. The number of benzene rings is 1. The Morgan fingerprint density at radius 1 is 1.44 bits per heavy atom. The van der Waals surface area contributed by atoms with Crippen molar-refractivity contribution in [3.63, 3.8) is 0 Å². The molecule has 84 valence electrons. The molecule has 1 aliphatic rings. The molecule has 4 heteroatoms. The summed E-state index contributed by atoms with van der Waals surface area (Å²) in [5.41, 5.74) is 9.95. The highest BCUT2D eigenvalue weighted by Gasteiger charge is 2.16. The summed E-state index contributed by atoms with van der Waals surface area (Å²) in [5.74, 6) is 0.391. The van der Waals surface area contributed by atoms with E-state index in [0.717, 1.165) is 19.3 Å². The van der Waals surface area contributed by atoms with Crippen molar-refractivity contribution >= 4 is 12.2 Å². The lowest BCUT2D eigenvalue weighted by Gasteiger charge is -2.21. The molecule has 0 fully saturated rings. The molecule has 1 aromatic carbocycles. The number of nitrogens with two attached hydrogens (primary N) is 1. The monoisotopic (exact) mass is 217 g/mol. The van der Waals surface area contributed by atoms with E-state index in [2.05, 4.69) is 34.8 Å². The zero-order chi connectivity index (χ0) is 11.4. The van der Waals surface area contributed by atoms with Crippen LogP contribution in [0.25, 0.3) is 0 Å². The summed E-state index contributed by atoms with van der Waals surface area (Å²) in [6.07, 6.45) is 4.91. The van der Waals surface area contributed by atoms with Gasteiger partial charge in [-0.25, -0.2) is 10.2 Å². The average molecular weight is 217 g/mol. The van der Waals surface area contributed by atoms with Gasteiger partial charge in [-0.3, -0.25) is 0 Å². The van der Waals surface area contributed by atoms with E-state index in [4.69, 9.17) is 5.73 Å². The third-order valence-electron chi connectivity index (χ3n) is 2.85. The zero-order valence-corrected chi connectivity index (χ0v) is 9.02. The van der Waals surface area contributed by atoms with Crippen LogP contribution in [0.15, 0.2) is 29.4 Å². The van der Waals surface area contributed by atoms with Crippen molar-refractivity contribution in [3.05, 3.63) is 35.4 Å². The fraction of sp³-hybridized carbons (Fsp3) is 0.333. The number of primary amides is 1. The van der Waals surface area contributed by atoms with Crippen molar-refractivity contribution in [3.8, 4) is 0 Å². The zero-order valence-electron chi connectivity index (χ0n) is 9.02. The van der Waals surface area contributed by atoms with E-state index in [1.54, 1.807) is 6.21 Å². The van der Waals surface area contributed by atoms with Crippen molar-refractivity contribution in [2.24, 2.45) is 16.8 Å². The minimum absolute atomic E-state index is 0.391. The highest BCUT2D eigenvalue weighted by atomic mass is 16.2. The van der Waals surface area contributed by atoms with Crippen LogP contribution in [-0.4, -0.2) is 12.2 Å². The molecule has 2 rings (SSSR count). The SMILES string of the molecule is NC(=O)N/N=C/C1CCc2ccccc2C1. The quantitative estimate of drug-likeness (QED) is 0.571. The molecule has 3 N–H and O–H groups in total. The lowest BCUT2D eigenvalue weighted by molar-refractivity contribution is 0.249. The second kappa shape index (κ2) is 4.79. The van der Waals surface area contributed by atoms with Crippen molar-refractivity contribution < 1.29 is 4.79 Å². The van der Waals surface area contributed by atoms with Crippen LogP contribution in [-0.2, 0) is 12.8 Å². The molecule has 0 radical (unpaired) electrons. The molecule has 0 saturated carbocycles. The first-order valence-corrected chi connectivity index (χ1v) is 5.41. The summed E-state index contributed by atoms with van der Waals surface area (Å²) < 4.78 is 0. The standard InChI is InChI=1S/C12H15N3O/c13-12(16)15-14-8-9-5-6-10-3-1-2-4-11(10)7-9/h1-4,8-9H,5-7H2,(H3,13,15,16)/b14-8+. The van der Waals surface area contributed by atoms with Crippen LogP contribution in [0.1, 0.15) is 17.5 Å². The van der Waals surface area contributed by atoms with Crippen molar-refractivity contribution in [2.45, 2.75) is 19.3 Å². The number of amides is 2. The number of carbonyl (C=O) groups excluding carboxylic acids is 1. The Hall–Kier alpha value is -1.84. The second-order valence-corrected chi connectivity index (χ2v) is 4.03. The van der Waals surface area contributed by atoms with Crippen LogP contribution in [0.2, 0.25) is 0 Å². The van der Waals surface area contributed by atoms with Gasteiger partial charge in [0.25, 0.3) is 0 Å². The predicted octanol–water partition coefficient (Wildman–Crippen LogP) is 1.45. The Bertz CT molecular complexity index is 414. The number of hydrogen-bond acceptors (Lipinski definition) is 2. The molecular formula is C12H15N3O. The van der Waals surface area contributed by atoms with Crippen LogP contribution in [0.5, 0.6) is 0 Å². The summed E-state index contributed by atoms with van der Waals surface area (Å²) in [4.78, 5) is 10.4. The number of aryl methyl sites for hydroxylation is 1. The maximum atomic E-state index is 10.4. The first-order valence-electron chi connectivity index (χ1n) is 5.41. The van der Waals surface area contributed by atoms with E-state index in [9.17, 15) is 4.79 Å². The van der Waals surface area contributed by atoms with Gasteiger partial charge in [-0.1, -0.05) is 24.3 Å². The molecule has 0 bridgehead atoms. The van der Waals surface area contributed by atoms with Gasteiger partial charge in [0.05, 0.1) is 0 Å². The summed E-state index contributed by atoms with van der Waals surface area (Å²) in [6.45, 7) is 0. The lowest BCUT2D eigenvalue weighted by atomic mass is 9.85. The minimum atomic E-state index is -0.618. The van der Waals surface area contributed by atoms with Gasteiger partial charge in [0.2, 0.25) is 0 Å². The van der Waals surface area contributed by atoms with Crippen molar-refractivity contribution in [2.75, 3.05) is 0 Å². The molecule has 1 atom stereocenters. The van der Waals surface area contributed by atoms with Crippen LogP contribution >= 0.6 is 0 Å². The van der Waals surface area contributed by atoms with Gasteiger partial charge in [0.15, 0.2) is 0 Å². The fourth-order valence-electron chi connectivity index (χ4n) is 2.06. The van der Waals surface area contributed by atoms with Crippen molar-refractivity contribution in [1.82, 2.24) is 5.43 Å². The number of urea groups is 1. The number of nitrogens with one attached hydrogen (secondary N) is 1. The Morgan fingerprint density at radius 2 is 2.19 bits per heavy atom. The topological polar surface area (TPSA) is 67.5 Å². The number of nitrogens with zero attached hydrogens (tertiary/aromatic N) is 1. The first kappa shape index (κ1) is 10.7. The smallest absolute Gasteiger partial charge is 0.332 e. The van der Waals surface area contributed by atoms with Crippen LogP contribution in [0.4, 0.5) is 4.79 Å². The van der Waals surface area contributed by atoms with E-state index in [1.165, 1.54) is 11.1 Å². The van der Waals surface area contributed by atoms with E-state index in [1.807, 2.05) is 0 Å². The minimum Gasteiger partial charge on any atom is -0.350 e. The molecule has 1 aliphatic carbocycles. The lowest BCUT2D eigenvalue weighted by Crippen LogP contribution is -2.25. The van der Waals surface area contributed by atoms with E-state index < -0.39 is 6.03 Å². The molecule has 2 amide bonds. The molecule has 0 heterocycles. The van der Waals surface area contributed by atoms with Crippen LogP contribution < -0.4 is 11.2 Å². The van der Waals surface area contributed by atoms with E-state index in [-0.39, 0.29) is 0 Å². The largest absolute Gasteiger partial charge is 0.350 e. The Kier molecular flexibility index (Phi) is 3.19.